The van der Waals surface area contributed by atoms with Crippen LogP contribution >= 0.6 is 0 Å². The highest BCUT2D eigenvalue weighted by Crippen LogP contribution is 2.28. The Labute approximate surface area is 111 Å². The largest absolute Gasteiger partial charge is 0.467 e. The van der Waals surface area contributed by atoms with Crippen LogP contribution in [0.4, 0.5) is 11.4 Å². The van der Waals surface area contributed by atoms with Crippen LogP contribution in [-0.2, 0) is 9.53 Å². The Balaban J connectivity index is 2.46. The van der Waals surface area contributed by atoms with Crippen LogP contribution in [0, 0.1) is 6.92 Å². The van der Waals surface area contributed by atoms with Crippen LogP contribution in [0.15, 0.2) is 24.4 Å². The molecule has 0 saturated heterocycles. The van der Waals surface area contributed by atoms with E-state index in [2.05, 4.69) is 10.3 Å². The minimum Gasteiger partial charge on any atom is -0.467 e. The maximum absolute atomic E-state index is 11.5. The highest BCUT2D eigenvalue weighted by molar-refractivity contribution is 6.01. The van der Waals surface area contributed by atoms with Crippen molar-refractivity contribution >= 4 is 28.1 Å². The number of benzene rings is 1. The van der Waals surface area contributed by atoms with Crippen LogP contribution < -0.4 is 11.1 Å². The number of hydrogen-bond acceptors (Lipinski definition) is 5. The van der Waals surface area contributed by atoms with Crippen molar-refractivity contribution in [3.8, 4) is 0 Å². The topological polar surface area (TPSA) is 77.2 Å². The number of nitrogens with zero attached hydrogens (tertiary/aromatic N) is 1. The summed E-state index contributed by atoms with van der Waals surface area (Å²) < 4.78 is 4.71. The van der Waals surface area contributed by atoms with Gasteiger partial charge in [0.1, 0.15) is 6.04 Å². The summed E-state index contributed by atoms with van der Waals surface area (Å²) >= 11 is 0. The Morgan fingerprint density at radius 2 is 2.16 bits per heavy atom. The molecule has 19 heavy (non-hydrogen) atoms. The number of aryl methyl sites for hydroxylation is 1. The van der Waals surface area contributed by atoms with Gasteiger partial charge in [-0.15, -0.1) is 0 Å². The third-order valence-corrected chi connectivity index (χ3v) is 3.00. The van der Waals surface area contributed by atoms with Gasteiger partial charge in [-0.1, -0.05) is 0 Å². The summed E-state index contributed by atoms with van der Waals surface area (Å²) in [6, 6.07) is 5.17. The van der Waals surface area contributed by atoms with E-state index in [1.165, 1.54) is 7.11 Å². The molecule has 2 aromatic rings. The van der Waals surface area contributed by atoms with Crippen molar-refractivity contribution in [3.63, 3.8) is 0 Å². The van der Waals surface area contributed by atoms with Gasteiger partial charge in [0, 0.05) is 34.0 Å². The summed E-state index contributed by atoms with van der Waals surface area (Å²) in [5.41, 5.74) is 8.33. The van der Waals surface area contributed by atoms with Gasteiger partial charge in [0.2, 0.25) is 0 Å². The molecule has 3 N–H and O–H groups in total. The van der Waals surface area contributed by atoms with Crippen molar-refractivity contribution in [1.82, 2.24) is 4.98 Å². The number of methoxy groups -OCH3 is 1. The fraction of sp³-hybridized carbons (Fsp3) is 0.286. The molecule has 0 aliphatic carbocycles. The van der Waals surface area contributed by atoms with E-state index in [1.807, 2.05) is 19.1 Å². The van der Waals surface area contributed by atoms with Crippen molar-refractivity contribution < 1.29 is 9.53 Å². The molecular formula is C14H17N3O2. The van der Waals surface area contributed by atoms with E-state index in [9.17, 15) is 4.79 Å². The normalized spacial score (nSPS) is 12.2. The average molecular weight is 259 g/mol. The second kappa shape index (κ2) is 5.14. The monoisotopic (exact) mass is 259 g/mol. The number of ether oxygens (including phenoxy) is 1. The molecule has 0 bridgehead atoms. The number of nitrogen functional groups attached to an aromatic ring is 1. The Morgan fingerprint density at radius 3 is 2.84 bits per heavy atom. The molecule has 1 atom stereocenters. The number of anilines is 2. The summed E-state index contributed by atoms with van der Waals surface area (Å²) in [6.07, 6.45) is 1.74. The van der Waals surface area contributed by atoms with Gasteiger partial charge in [-0.3, -0.25) is 4.98 Å². The second-order valence-corrected chi connectivity index (χ2v) is 4.46. The Bertz CT molecular complexity index is 625. The molecule has 0 amide bonds. The van der Waals surface area contributed by atoms with Gasteiger partial charge in [0.05, 0.1) is 7.11 Å². The zero-order valence-corrected chi connectivity index (χ0v) is 11.2. The lowest BCUT2D eigenvalue weighted by Crippen LogP contribution is -2.27. The lowest BCUT2D eigenvalue weighted by Gasteiger charge is -2.16. The predicted molar refractivity (Wildman–Crippen MR) is 76.0 cm³/mol. The summed E-state index contributed by atoms with van der Waals surface area (Å²) in [5.74, 6) is -0.309. The molecule has 1 unspecified atom stereocenters. The fourth-order valence-corrected chi connectivity index (χ4v) is 1.96. The van der Waals surface area contributed by atoms with Gasteiger partial charge in [-0.25, -0.2) is 4.79 Å². The quantitative estimate of drug-likeness (QED) is 0.652. The Kier molecular flexibility index (Phi) is 3.55. The smallest absolute Gasteiger partial charge is 0.327 e. The number of fused-ring (bicyclic) bond motifs is 1. The molecule has 0 aliphatic heterocycles. The molecule has 0 spiro atoms. The van der Waals surface area contributed by atoms with Crippen molar-refractivity contribution in [2.24, 2.45) is 0 Å². The van der Waals surface area contributed by atoms with E-state index in [-0.39, 0.29) is 5.97 Å². The predicted octanol–water partition coefficient (Wildman–Crippen LogP) is 2.10. The first-order valence-corrected chi connectivity index (χ1v) is 6.02. The van der Waals surface area contributed by atoms with Crippen molar-refractivity contribution in [2.75, 3.05) is 18.2 Å². The number of nitrogens with two attached hydrogens (primary N) is 1. The Morgan fingerprint density at radius 1 is 1.42 bits per heavy atom. The van der Waals surface area contributed by atoms with Crippen molar-refractivity contribution in [1.29, 1.82) is 0 Å². The zero-order valence-electron chi connectivity index (χ0n) is 11.2. The number of esters is 1. The third-order valence-electron chi connectivity index (χ3n) is 3.00. The van der Waals surface area contributed by atoms with Gasteiger partial charge >= 0.3 is 5.97 Å². The van der Waals surface area contributed by atoms with Crippen molar-refractivity contribution in [3.05, 3.63) is 30.1 Å². The summed E-state index contributed by atoms with van der Waals surface area (Å²) in [5, 5.41) is 4.95. The lowest BCUT2D eigenvalue weighted by molar-refractivity contribution is -0.141. The first-order valence-electron chi connectivity index (χ1n) is 6.02. The third kappa shape index (κ3) is 2.59. The molecule has 0 fully saturated rings. The summed E-state index contributed by atoms with van der Waals surface area (Å²) in [4.78, 5) is 15.7. The zero-order chi connectivity index (χ0) is 14.0. The average Bonchev–Trinajstić information content (AvgIpc) is 2.40. The van der Waals surface area contributed by atoms with E-state index >= 15 is 0 Å². The molecule has 0 saturated carbocycles. The van der Waals surface area contributed by atoms with Crippen LogP contribution in [-0.4, -0.2) is 24.1 Å². The molecule has 1 heterocycles. The van der Waals surface area contributed by atoms with Crippen LogP contribution in [0.1, 0.15) is 12.6 Å². The van der Waals surface area contributed by atoms with Crippen LogP contribution in [0.3, 0.4) is 0 Å². The number of carbonyl (C=O) groups is 1. The number of carbonyl (C=O) groups excluding carboxylic acids is 1. The summed E-state index contributed by atoms with van der Waals surface area (Å²) in [6.45, 7) is 3.66. The molecule has 5 nitrogen and oxygen atoms in total. The molecule has 1 aromatic carbocycles. The molecule has 0 radical (unpaired) electrons. The highest BCUT2D eigenvalue weighted by atomic mass is 16.5. The van der Waals surface area contributed by atoms with Gasteiger partial charge < -0.3 is 15.8 Å². The van der Waals surface area contributed by atoms with Gasteiger partial charge in [0.25, 0.3) is 0 Å². The van der Waals surface area contributed by atoms with E-state index in [1.54, 1.807) is 19.2 Å². The number of pyridine rings is 1. The minimum absolute atomic E-state index is 0.309. The van der Waals surface area contributed by atoms with Gasteiger partial charge in [-0.05, 0) is 32.0 Å². The molecule has 2 rings (SSSR count). The standard InChI is InChI=1S/C14H17N3O2/c1-8-6-10-11(7-16-8)12(15)4-5-13(10)17-9(2)14(18)19-3/h4-7,9,17H,15H2,1-3H3. The molecule has 1 aromatic heterocycles. The molecule has 100 valence electrons. The molecule has 0 aliphatic rings. The van der Waals surface area contributed by atoms with E-state index in [0.29, 0.717) is 5.69 Å². The number of hydrogen-bond donors (Lipinski definition) is 2. The van der Waals surface area contributed by atoms with E-state index < -0.39 is 6.04 Å². The maximum Gasteiger partial charge on any atom is 0.327 e. The van der Waals surface area contributed by atoms with E-state index in [0.717, 1.165) is 22.2 Å². The first-order chi connectivity index (χ1) is 9.02. The minimum atomic E-state index is -0.426. The first kappa shape index (κ1) is 13.1. The van der Waals surface area contributed by atoms with E-state index in [4.69, 9.17) is 10.5 Å². The van der Waals surface area contributed by atoms with Crippen LogP contribution in [0.2, 0.25) is 0 Å². The second-order valence-electron chi connectivity index (χ2n) is 4.46. The number of nitrogens with one attached hydrogen (secondary N) is 1. The fourth-order valence-electron chi connectivity index (χ4n) is 1.96. The van der Waals surface area contributed by atoms with Gasteiger partial charge in [0.15, 0.2) is 0 Å². The highest BCUT2D eigenvalue weighted by Gasteiger charge is 2.14. The van der Waals surface area contributed by atoms with Crippen LogP contribution in [0.25, 0.3) is 10.8 Å². The molecule has 5 heteroatoms. The van der Waals surface area contributed by atoms with Crippen LogP contribution in [0.5, 0.6) is 0 Å². The number of rotatable bonds is 3. The SMILES string of the molecule is COC(=O)C(C)Nc1ccc(N)c2cnc(C)cc12. The van der Waals surface area contributed by atoms with Crippen molar-refractivity contribution in [2.45, 2.75) is 19.9 Å². The number of aromatic nitrogens is 1. The molecular weight excluding hydrogens is 242 g/mol. The van der Waals surface area contributed by atoms with Gasteiger partial charge in [-0.2, -0.15) is 0 Å². The summed E-state index contributed by atoms with van der Waals surface area (Å²) in [7, 11) is 1.37. The maximum atomic E-state index is 11.5. The Hall–Kier alpha value is -2.30. The lowest BCUT2D eigenvalue weighted by atomic mass is 10.1.